The van der Waals surface area contributed by atoms with Gasteiger partial charge in [-0.15, -0.1) is 0 Å². The molecule has 0 bridgehead atoms. The van der Waals surface area contributed by atoms with Crippen LogP contribution in [0.15, 0.2) is 24.3 Å². The molecular formula is C9H11ClO5. The maximum Gasteiger partial charge on any atom is 0.503 e. The van der Waals surface area contributed by atoms with Gasteiger partial charge in [-0.05, 0) is 6.07 Å². The normalized spacial score (nSPS) is 11.1. The van der Waals surface area contributed by atoms with Gasteiger partial charge in [0.25, 0.3) is 0 Å². The molecule has 0 aliphatic heterocycles. The second-order valence-electron chi connectivity index (χ2n) is 2.50. The molecule has 15 heavy (non-hydrogen) atoms. The molecule has 1 unspecified atom stereocenters. The lowest BCUT2D eigenvalue weighted by molar-refractivity contribution is 0.0957. The quantitative estimate of drug-likeness (QED) is 0.623. The van der Waals surface area contributed by atoms with Gasteiger partial charge in [0.15, 0.2) is 0 Å². The van der Waals surface area contributed by atoms with E-state index in [1.54, 1.807) is 24.3 Å². The van der Waals surface area contributed by atoms with E-state index >= 15 is 0 Å². The molecule has 0 amide bonds. The van der Waals surface area contributed by atoms with E-state index in [9.17, 15) is 5.11 Å². The molecule has 0 aliphatic rings. The number of aliphatic hydroxyl groups excluding tert-OH is 2. The van der Waals surface area contributed by atoms with Gasteiger partial charge in [-0.3, -0.25) is 0 Å². The highest BCUT2D eigenvalue weighted by Crippen LogP contribution is 2.21. The van der Waals surface area contributed by atoms with E-state index in [0.717, 1.165) is 0 Å². The third kappa shape index (κ3) is 5.90. The standard InChI is InChI=1S/C8H9ClO2.CH2O3/c9-7-4-2-1-3-6(7)8(11)5-10;2-1(3)4/h1-4,8,10-11H,5H2;(H2,2,3,4). The zero-order chi connectivity index (χ0) is 11.8. The number of aliphatic hydroxyl groups is 2. The van der Waals surface area contributed by atoms with Gasteiger partial charge in [0, 0.05) is 10.6 Å². The van der Waals surface area contributed by atoms with Crippen LogP contribution in [-0.4, -0.2) is 33.2 Å². The maximum atomic E-state index is 9.18. The van der Waals surface area contributed by atoms with Crippen molar-refractivity contribution in [2.24, 2.45) is 0 Å². The molecule has 0 fully saturated rings. The van der Waals surface area contributed by atoms with E-state index < -0.39 is 12.3 Å². The molecule has 0 saturated heterocycles. The van der Waals surface area contributed by atoms with Crippen LogP contribution in [0.25, 0.3) is 0 Å². The van der Waals surface area contributed by atoms with Gasteiger partial charge in [0.05, 0.1) is 6.61 Å². The van der Waals surface area contributed by atoms with Crippen molar-refractivity contribution in [3.05, 3.63) is 34.9 Å². The second kappa shape index (κ2) is 7.05. The van der Waals surface area contributed by atoms with Crippen molar-refractivity contribution in [3.8, 4) is 0 Å². The molecule has 5 nitrogen and oxygen atoms in total. The first-order chi connectivity index (χ1) is 6.99. The minimum absolute atomic E-state index is 0.302. The molecule has 4 N–H and O–H groups in total. The summed E-state index contributed by atoms with van der Waals surface area (Å²) in [6.45, 7) is -0.302. The number of carboxylic acid groups (broad SMARTS) is 2. The Kier molecular flexibility index (Phi) is 6.44. The predicted molar refractivity (Wildman–Crippen MR) is 54.2 cm³/mol. The van der Waals surface area contributed by atoms with Crippen LogP contribution in [0.2, 0.25) is 5.02 Å². The predicted octanol–water partition coefficient (Wildman–Crippen LogP) is 1.59. The monoisotopic (exact) mass is 234 g/mol. The summed E-state index contributed by atoms with van der Waals surface area (Å²) in [4.78, 5) is 8.56. The van der Waals surface area contributed by atoms with E-state index in [1.807, 2.05) is 0 Å². The fourth-order valence-corrected chi connectivity index (χ4v) is 1.11. The van der Waals surface area contributed by atoms with Gasteiger partial charge in [-0.25, -0.2) is 4.79 Å². The van der Waals surface area contributed by atoms with Crippen LogP contribution in [0, 0.1) is 0 Å². The van der Waals surface area contributed by atoms with Gasteiger partial charge in [0.2, 0.25) is 0 Å². The van der Waals surface area contributed by atoms with Gasteiger partial charge in [0.1, 0.15) is 6.10 Å². The van der Waals surface area contributed by atoms with Crippen LogP contribution in [0.4, 0.5) is 4.79 Å². The summed E-state index contributed by atoms with van der Waals surface area (Å²) in [7, 11) is 0. The Bertz CT molecular complexity index is 311. The molecule has 0 heterocycles. The van der Waals surface area contributed by atoms with Crippen molar-refractivity contribution >= 4 is 17.8 Å². The highest BCUT2D eigenvalue weighted by atomic mass is 35.5. The Labute approximate surface area is 91.2 Å². The largest absolute Gasteiger partial charge is 0.503 e. The molecule has 1 aromatic carbocycles. The topological polar surface area (TPSA) is 98.0 Å². The van der Waals surface area contributed by atoms with Crippen LogP contribution in [0.3, 0.4) is 0 Å². The van der Waals surface area contributed by atoms with Crippen LogP contribution in [0.1, 0.15) is 11.7 Å². The van der Waals surface area contributed by atoms with E-state index in [2.05, 4.69) is 0 Å². The summed E-state index contributed by atoms with van der Waals surface area (Å²) in [5.74, 6) is 0. The van der Waals surface area contributed by atoms with Crippen molar-refractivity contribution in [2.45, 2.75) is 6.10 Å². The van der Waals surface area contributed by atoms with Crippen LogP contribution in [-0.2, 0) is 0 Å². The van der Waals surface area contributed by atoms with Crippen LogP contribution < -0.4 is 0 Å². The van der Waals surface area contributed by atoms with E-state index in [4.69, 9.17) is 31.7 Å². The summed E-state index contributed by atoms with van der Waals surface area (Å²) < 4.78 is 0. The zero-order valence-corrected chi connectivity index (χ0v) is 8.42. The highest BCUT2D eigenvalue weighted by Gasteiger charge is 2.08. The summed E-state index contributed by atoms with van der Waals surface area (Å²) in [5, 5.41) is 32.2. The first-order valence-corrected chi connectivity index (χ1v) is 4.32. The van der Waals surface area contributed by atoms with E-state index in [1.165, 1.54) is 0 Å². The van der Waals surface area contributed by atoms with Gasteiger partial charge in [-0.2, -0.15) is 0 Å². The summed E-state index contributed by atoms with van der Waals surface area (Å²) in [6.07, 6.45) is -2.70. The molecule has 84 valence electrons. The minimum Gasteiger partial charge on any atom is -0.450 e. The molecule has 1 atom stereocenters. The molecular weight excluding hydrogens is 224 g/mol. The molecule has 0 aromatic heterocycles. The average Bonchev–Trinajstić information content (AvgIpc) is 2.16. The van der Waals surface area contributed by atoms with Gasteiger partial charge < -0.3 is 20.4 Å². The van der Waals surface area contributed by atoms with Gasteiger partial charge in [-0.1, -0.05) is 29.8 Å². The fourth-order valence-electron chi connectivity index (χ4n) is 0.844. The lowest BCUT2D eigenvalue weighted by Gasteiger charge is -2.08. The molecule has 6 heteroatoms. The lowest BCUT2D eigenvalue weighted by Crippen LogP contribution is -2.02. The van der Waals surface area contributed by atoms with E-state index in [-0.39, 0.29) is 6.61 Å². The van der Waals surface area contributed by atoms with Crippen molar-refractivity contribution in [1.82, 2.24) is 0 Å². The number of rotatable bonds is 2. The smallest absolute Gasteiger partial charge is 0.450 e. The molecule has 0 aliphatic carbocycles. The average molecular weight is 235 g/mol. The fraction of sp³-hybridized carbons (Fsp3) is 0.222. The Morgan fingerprint density at radius 2 is 1.80 bits per heavy atom. The molecule has 1 aromatic rings. The Balaban J connectivity index is 0.000000423. The molecule has 0 spiro atoms. The first-order valence-electron chi connectivity index (χ1n) is 3.94. The lowest BCUT2D eigenvalue weighted by atomic mass is 10.1. The van der Waals surface area contributed by atoms with E-state index in [0.29, 0.717) is 10.6 Å². The van der Waals surface area contributed by atoms with Crippen LogP contribution in [0.5, 0.6) is 0 Å². The van der Waals surface area contributed by atoms with Crippen molar-refractivity contribution in [3.63, 3.8) is 0 Å². The van der Waals surface area contributed by atoms with Gasteiger partial charge >= 0.3 is 6.16 Å². The Morgan fingerprint density at radius 3 is 2.20 bits per heavy atom. The van der Waals surface area contributed by atoms with Crippen molar-refractivity contribution < 1.29 is 25.2 Å². The third-order valence-corrected chi connectivity index (χ3v) is 1.78. The maximum absolute atomic E-state index is 9.18. The van der Waals surface area contributed by atoms with Crippen molar-refractivity contribution in [1.29, 1.82) is 0 Å². The number of hydrogen-bond acceptors (Lipinski definition) is 3. The number of carbonyl (C=O) groups is 1. The Hall–Kier alpha value is -1.30. The molecule has 0 saturated carbocycles. The number of hydrogen-bond donors (Lipinski definition) is 4. The second-order valence-corrected chi connectivity index (χ2v) is 2.91. The third-order valence-electron chi connectivity index (χ3n) is 1.44. The zero-order valence-electron chi connectivity index (χ0n) is 7.67. The summed E-state index contributed by atoms with van der Waals surface area (Å²) in [6, 6.07) is 6.90. The summed E-state index contributed by atoms with van der Waals surface area (Å²) >= 11 is 5.73. The highest BCUT2D eigenvalue weighted by molar-refractivity contribution is 6.31. The SMILES string of the molecule is O=C(O)O.OCC(O)c1ccccc1Cl. The van der Waals surface area contributed by atoms with Crippen molar-refractivity contribution in [2.75, 3.05) is 6.61 Å². The summed E-state index contributed by atoms with van der Waals surface area (Å²) in [5.41, 5.74) is 0.566. The molecule has 0 radical (unpaired) electrons. The first kappa shape index (κ1) is 13.7. The minimum atomic E-state index is -1.83. The number of halogens is 1. The molecule has 1 rings (SSSR count). The Morgan fingerprint density at radius 1 is 1.33 bits per heavy atom. The number of benzene rings is 1. The van der Waals surface area contributed by atoms with Crippen LogP contribution >= 0.6 is 11.6 Å².